The van der Waals surface area contributed by atoms with Gasteiger partial charge in [-0.1, -0.05) is 46.0 Å². The van der Waals surface area contributed by atoms with E-state index in [4.69, 9.17) is 10.5 Å². The summed E-state index contributed by atoms with van der Waals surface area (Å²) in [5, 5.41) is 3.35. The first kappa shape index (κ1) is 18.4. The number of carbonyl (C=O) groups is 1. The van der Waals surface area contributed by atoms with Crippen molar-refractivity contribution in [1.82, 2.24) is 5.32 Å². The second-order valence-corrected chi connectivity index (χ2v) is 6.27. The van der Waals surface area contributed by atoms with Crippen LogP contribution in [0.1, 0.15) is 71.6 Å². The van der Waals surface area contributed by atoms with E-state index in [1.165, 1.54) is 25.7 Å². The highest BCUT2D eigenvalue weighted by molar-refractivity contribution is 5.85. The van der Waals surface area contributed by atoms with Crippen LogP contribution in [0.25, 0.3) is 0 Å². The van der Waals surface area contributed by atoms with Crippen LogP contribution < -0.4 is 11.1 Å². The molecule has 0 aliphatic heterocycles. The van der Waals surface area contributed by atoms with Crippen molar-refractivity contribution in [1.29, 1.82) is 0 Å². The van der Waals surface area contributed by atoms with Gasteiger partial charge in [-0.25, -0.2) is 0 Å². The normalized spacial score (nSPS) is 25.3. The number of rotatable bonds is 12. The minimum atomic E-state index is -0.487. The molecular formula is C17H34N2O2. The monoisotopic (exact) mass is 298 g/mol. The fourth-order valence-electron chi connectivity index (χ4n) is 3.56. The summed E-state index contributed by atoms with van der Waals surface area (Å²) in [5.74, 6) is 0.140. The van der Waals surface area contributed by atoms with Gasteiger partial charge in [0.05, 0.1) is 0 Å². The number of unbranched alkanes of at least 4 members (excludes halogenated alkanes) is 4. The average Bonchev–Trinajstić information content (AvgIpc) is 2.86. The third-order valence-electron chi connectivity index (χ3n) is 4.76. The van der Waals surface area contributed by atoms with E-state index in [0.717, 1.165) is 51.9 Å². The Kier molecular flexibility index (Phi) is 8.93. The number of likely N-dealkylation sites (N-methyl/N-ethyl adjacent to an activating group) is 1. The summed E-state index contributed by atoms with van der Waals surface area (Å²) in [6.07, 6.45) is 10.3. The molecule has 0 bridgehead atoms. The Hall–Kier alpha value is -0.610. The van der Waals surface area contributed by atoms with Crippen LogP contribution in [0.2, 0.25) is 0 Å². The maximum Gasteiger partial charge on any atom is 0.238 e. The van der Waals surface area contributed by atoms with Crippen LogP contribution in [0.15, 0.2) is 0 Å². The molecule has 0 aromatic heterocycles. The van der Waals surface area contributed by atoms with Gasteiger partial charge in [-0.05, 0) is 38.1 Å². The fourth-order valence-corrected chi connectivity index (χ4v) is 3.56. The minimum absolute atomic E-state index is 0.189. The minimum Gasteiger partial charge on any atom is -0.381 e. The lowest BCUT2D eigenvalue weighted by molar-refractivity contribution is -0.126. The quantitative estimate of drug-likeness (QED) is 0.544. The van der Waals surface area contributed by atoms with Gasteiger partial charge in [-0.2, -0.15) is 0 Å². The molecule has 2 atom stereocenters. The molecule has 0 heterocycles. The molecular weight excluding hydrogens is 264 g/mol. The number of hydrogen-bond acceptors (Lipinski definition) is 3. The maximum atomic E-state index is 11.9. The van der Waals surface area contributed by atoms with Crippen LogP contribution in [0.4, 0.5) is 0 Å². The predicted octanol–water partition coefficient (Wildman–Crippen LogP) is 3.00. The molecule has 0 saturated heterocycles. The van der Waals surface area contributed by atoms with E-state index >= 15 is 0 Å². The first-order valence-corrected chi connectivity index (χ1v) is 8.80. The summed E-state index contributed by atoms with van der Waals surface area (Å²) in [4.78, 5) is 11.9. The third kappa shape index (κ3) is 5.59. The van der Waals surface area contributed by atoms with Gasteiger partial charge in [0, 0.05) is 13.2 Å². The summed E-state index contributed by atoms with van der Waals surface area (Å²) in [5.41, 5.74) is 5.18. The van der Waals surface area contributed by atoms with Crippen LogP contribution in [0.5, 0.6) is 0 Å². The van der Waals surface area contributed by atoms with Crippen molar-refractivity contribution in [2.45, 2.75) is 77.2 Å². The molecule has 0 radical (unpaired) electrons. The summed E-state index contributed by atoms with van der Waals surface area (Å²) in [7, 11) is 0. The van der Waals surface area contributed by atoms with E-state index in [9.17, 15) is 4.79 Å². The summed E-state index contributed by atoms with van der Waals surface area (Å²) in [6.45, 7) is 6.65. The van der Waals surface area contributed by atoms with Crippen LogP contribution >= 0.6 is 0 Å². The zero-order valence-electron chi connectivity index (χ0n) is 14.0. The van der Waals surface area contributed by atoms with E-state index in [1.54, 1.807) is 0 Å². The van der Waals surface area contributed by atoms with Gasteiger partial charge in [-0.3, -0.25) is 4.79 Å². The SMILES string of the molecule is CCCCCCCOCCC1CCCC1(NCC)C(N)=O. The van der Waals surface area contributed by atoms with Crippen LogP contribution in [-0.4, -0.2) is 31.2 Å². The van der Waals surface area contributed by atoms with Crippen molar-refractivity contribution in [2.75, 3.05) is 19.8 Å². The predicted molar refractivity (Wildman–Crippen MR) is 87.1 cm³/mol. The lowest BCUT2D eigenvalue weighted by atomic mass is 9.84. The number of carbonyl (C=O) groups excluding carboxylic acids is 1. The zero-order valence-corrected chi connectivity index (χ0v) is 14.0. The lowest BCUT2D eigenvalue weighted by Crippen LogP contribution is -2.58. The topological polar surface area (TPSA) is 64.3 Å². The van der Waals surface area contributed by atoms with E-state index in [-0.39, 0.29) is 5.91 Å². The summed E-state index contributed by atoms with van der Waals surface area (Å²) in [6, 6.07) is 0. The fraction of sp³-hybridized carbons (Fsp3) is 0.941. The van der Waals surface area contributed by atoms with Crippen LogP contribution in [0.3, 0.4) is 0 Å². The Labute approximate surface area is 130 Å². The number of hydrogen-bond donors (Lipinski definition) is 2. The largest absolute Gasteiger partial charge is 0.381 e. The van der Waals surface area contributed by atoms with Crippen molar-refractivity contribution in [2.24, 2.45) is 11.7 Å². The molecule has 1 rings (SSSR count). The van der Waals surface area contributed by atoms with Crippen molar-refractivity contribution < 1.29 is 9.53 Å². The first-order valence-electron chi connectivity index (χ1n) is 8.80. The van der Waals surface area contributed by atoms with Gasteiger partial charge >= 0.3 is 0 Å². The molecule has 1 fully saturated rings. The average molecular weight is 298 g/mol. The first-order chi connectivity index (χ1) is 10.2. The molecule has 0 spiro atoms. The highest BCUT2D eigenvalue weighted by Crippen LogP contribution is 2.37. The summed E-state index contributed by atoms with van der Waals surface area (Å²) < 4.78 is 5.75. The Morgan fingerprint density at radius 3 is 2.67 bits per heavy atom. The number of primary amides is 1. The molecule has 4 nitrogen and oxygen atoms in total. The molecule has 1 aliphatic carbocycles. The highest BCUT2D eigenvalue weighted by Gasteiger charge is 2.46. The van der Waals surface area contributed by atoms with Crippen molar-refractivity contribution in [3.8, 4) is 0 Å². The third-order valence-corrected chi connectivity index (χ3v) is 4.76. The number of ether oxygens (including phenoxy) is 1. The Bertz CT molecular complexity index is 297. The van der Waals surface area contributed by atoms with Gasteiger partial charge in [-0.15, -0.1) is 0 Å². The molecule has 2 unspecified atom stereocenters. The second kappa shape index (κ2) is 10.2. The van der Waals surface area contributed by atoms with Gasteiger partial charge in [0.2, 0.25) is 5.91 Å². The van der Waals surface area contributed by atoms with Gasteiger partial charge in [0.1, 0.15) is 5.54 Å². The molecule has 0 aromatic rings. The van der Waals surface area contributed by atoms with Gasteiger partial charge in [0.25, 0.3) is 0 Å². The zero-order chi connectivity index (χ0) is 15.6. The molecule has 1 amide bonds. The molecule has 1 saturated carbocycles. The number of nitrogens with two attached hydrogens (primary N) is 1. The van der Waals surface area contributed by atoms with Crippen molar-refractivity contribution in [3.63, 3.8) is 0 Å². The maximum absolute atomic E-state index is 11.9. The smallest absolute Gasteiger partial charge is 0.238 e. The second-order valence-electron chi connectivity index (χ2n) is 6.27. The van der Waals surface area contributed by atoms with Crippen LogP contribution in [0, 0.1) is 5.92 Å². The number of nitrogens with one attached hydrogen (secondary N) is 1. The molecule has 124 valence electrons. The lowest BCUT2D eigenvalue weighted by Gasteiger charge is -2.33. The standard InChI is InChI=1S/C17H34N2O2/c1-3-5-6-7-8-13-21-14-11-15-10-9-12-17(15,16(18)20)19-4-2/h15,19H,3-14H2,1-2H3,(H2,18,20). The number of amides is 1. The highest BCUT2D eigenvalue weighted by atomic mass is 16.5. The van der Waals surface area contributed by atoms with E-state index < -0.39 is 5.54 Å². The van der Waals surface area contributed by atoms with Gasteiger partial charge < -0.3 is 15.8 Å². The Morgan fingerprint density at radius 2 is 2.00 bits per heavy atom. The van der Waals surface area contributed by atoms with E-state index in [0.29, 0.717) is 5.92 Å². The molecule has 0 aromatic carbocycles. The van der Waals surface area contributed by atoms with Gasteiger partial charge in [0.15, 0.2) is 0 Å². The molecule has 1 aliphatic rings. The summed E-state index contributed by atoms with van der Waals surface area (Å²) >= 11 is 0. The van der Waals surface area contributed by atoms with Crippen molar-refractivity contribution >= 4 is 5.91 Å². The van der Waals surface area contributed by atoms with Crippen LogP contribution in [-0.2, 0) is 9.53 Å². The molecule has 21 heavy (non-hydrogen) atoms. The Balaban J connectivity index is 2.22. The molecule has 3 N–H and O–H groups in total. The van der Waals surface area contributed by atoms with Crippen molar-refractivity contribution in [3.05, 3.63) is 0 Å². The van der Waals surface area contributed by atoms with E-state index in [1.807, 2.05) is 6.92 Å². The van der Waals surface area contributed by atoms with E-state index in [2.05, 4.69) is 12.2 Å². The Morgan fingerprint density at radius 1 is 1.24 bits per heavy atom. The molecule has 4 heteroatoms.